The van der Waals surface area contributed by atoms with Crippen LogP contribution < -0.4 is 5.73 Å². The molecule has 17 heavy (non-hydrogen) atoms. The lowest BCUT2D eigenvalue weighted by Crippen LogP contribution is -2.46. The molecule has 1 aromatic carbocycles. The first-order chi connectivity index (χ1) is 8.13. The van der Waals surface area contributed by atoms with Crippen LogP contribution in [-0.2, 0) is 11.2 Å². The third kappa shape index (κ3) is 3.72. The third-order valence-corrected chi connectivity index (χ3v) is 3.19. The van der Waals surface area contributed by atoms with Crippen molar-refractivity contribution in [2.75, 3.05) is 25.4 Å². The number of nitrogen functional groups attached to an aromatic ring is 1. The second-order valence-electron chi connectivity index (χ2n) is 5.01. The number of ether oxygens (including phenoxy) is 1. The van der Waals surface area contributed by atoms with Gasteiger partial charge in [0.25, 0.3) is 0 Å². The largest absolute Gasteiger partial charge is 0.399 e. The molecular weight excluding hydrogens is 212 g/mol. The molecule has 1 fully saturated rings. The second-order valence-corrected chi connectivity index (χ2v) is 5.01. The molecule has 1 saturated heterocycles. The minimum absolute atomic E-state index is 0.352. The van der Waals surface area contributed by atoms with E-state index in [9.17, 15) is 0 Å². The summed E-state index contributed by atoms with van der Waals surface area (Å²) in [7, 11) is 0. The molecule has 2 rings (SSSR count). The van der Waals surface area contributed by atoms with Crippen LogP contribution in [0.25, 0.3) is 0 Å². The van der Waals surface area contributed by atoms with Crippen molar-refractivity contribution < 1.29 is 4.74 Å². The van der Waals surface area contributed by atoms with Gasteiger partial charge in [-0.1, -0.05) is 12.1 Å². The summed E-state index contributed by atoms with van der Waals surface area (Å²) in [5.41, 5.74) is 7.86. The summed E-state index contributed by atoms with van der Waals surface area (Å²) in [5, 5.41) is 0. The van der Waals surface area contributed by atoms with Crippen LogP contribution in [0.1, 0.15) is 19.4 Å². The van der Waals surface area contributed by atoms with E-state index < -0.39 is 0 Å². The van der Waals surface area contributed by atoms with Gasteiger partial charge in [0.15, 0.2) is 0 Å². The Hall–Kier alpha value is -1.06. The molecule has 2 unspecified atom stereocenters. The van der Waals surface area contributed by atoms with E-state index in [2.05, 4.69) is 30.9 Å². The highest BCUT2D eigenvalue weighted by atomic mass is 16.5. The monoisotopic (exact) mass is 234 g/mol. The van der Waals surface area contributed by atoms with Crippen LogP contribution in [0, 0.1) is 0 Å². The molecule has 1 aliphatic rings. The number of benzene rings is 1. The highest BCUT2D eigenvalue weighted by Crippen LogP contribution is 2.12. The average Bonchev–Trinajstić information content (AvgIpc) is 2.27. The molecule has 2 N–H and O–H groups in total. The van der Waals surface area contributed by atoms with Crippen molar-refractivity contribution in [1.29, 1.82) is 0 Å². The molecule has 2 atom stereocenters. The average molecular weight is 234 g/mol. The Kier molecular flexibility index (Phi) is 4.02. The maximum absolute atomic E-state index is 5.73. The second kappa shape index (κ2) is 5.52. The number of nitrogens with two attached hydrogens (primary N) is 1. The number of hydrogen-bond acceptors (Lipinski definition) is 3. The van der Waals surface area contributed by atoms with E-state index in [-0.39, 0.29) is 0 Å². The quantitative estimate of drug-likeness (QED) is 0.812. The topological polar surface area (TPSA) is 38.5 Å². The molecule has 0 aliphatic carbocycles. The van der Waals surface area contributed by atoms with E-state index in [0.29, 0.717) is 12.2 Å². The van der Waals surface area contributed by atoms with Crippen molar-refractivity contribution in [1.82, 2.24) is 4.90 Å². The van der Waals surface area contributed by atoms with E-state index in [0.717, 1.165) is 31.7 Å². The molecule has 0 spiro atoms. The first-order valence-electron chi connectivity index (χ1n) is 6.35. The molecule has 1 aromatic rings. The van der Waals surface area contributed by atoms with Crippen molar-refractivity contribution in [3.63, 3.8) is 0 Å². The van der Waals surface area contributed by atoms with Gasteiger partial charge in [0, 0.05) is 25.3 Å². The third-order valence-electron chi connectivity index (χ3n) is 3.19. The Balaban J connectivity index is 1.83. The van der Waals surface area contributed by atoms with Gasteiger partial charge in [-0.2, -0.15) is 0 Å². The molecule has 3 nitrogen and oxygen atoms in total. The Morgan fingerprint density at radius 2 is 1.76 bits per heavy atom. The van der Waals surface area contributed by atoms with Crippen LogP contribution in [-0.4, -0.2) is 36.7 Å². The first-order valence-corrected chi connectivity index (χ1v) is 6.35. The van der Waals surface area contributed by atoms with E-state index >= 15 is 0 Å². The van der Waals surface area contributed by atoms with Crippen LogP contribution in [0.4, 0.5) is 5.69 Å². The summed E-state index contributed by atoms with van der Waals surface area (Å²) in [6.45, 7) is 7.47. The number of morpholine rings is 1. The smallest absolute Gasteiger partial charge is 0.0678 e. The summed E-state index contributed by atoms with van der Waals surface area (Å²) in [4.78, 5) is 2.48. The van der Waals surface area contributed by atoms with Crippen molar-refractivity contribution in [2.45, 2.75) is 32.5 Å². The predicted octanol–water partition coefficient (Wildman–Crippen LogP) is 1.92. The fraction of sp³-hybridized carbons (Fsp3) is 0.571. The number of anilines is 1. The molecule has 1 aliphatic heterocycles. The van der Waals surface area contributed by atoms with Gasteiger partial charge in [-0.25, -0.2) is 0 Å². The van der Waals surface area contributed by atoms with E-state index in [1.54, 1.807) is 0 Å². The number of nitrogens with zero attached hydrogens (tertiary/aromatic N) is 1. The van der Waals surface area contributed by atoms with Gasteiger partial charge >= 0.3 is 0 Å². The summed E-state index contributed by atoms with van der Waals surface area (Å²) in [6.07, 6.45) is 1.79. The minimum atomic E-state index is 0.352. The van der Waals surface area contributed by atoms with E-state index in [4.69, 9.17) is 10.5 Å². The van der Waals surface area contributed by atoms with Crippen LogP contribution >= 0.6 is 0 Å². The Morgan fingerprint density at radius 3 is 2.35 bits per heavy atom. The zero-order chi connectivity index (χ0) is 12.3. The lowest BCUT2D eigenvalue weighted by Gasteiger charge is -2.35. The number of hydrogen-bond donors (Lipinski definition) is 1. The molecule has 94 valence electrons. The fourth-order valence-corrected chi connectivity index (χ4v) is 2.44. The fourth-order valence-electron chi connectivity index (χ4n) is 2.44. The van der Waals surface area contributed by atoms with Crippen LogP contribution in [0.5, 0.6) is 0 Å². The SMILES string of the molecule is CC1CN(CCc2ccc(N)cc2)CC(C)O1. The van der Waals surface area contributed by atoms with Gasteiger partial charge in [-0.05, 0) is 38.0 Å². The molecule has 0 aromatic heterocycles. The summed E-state index contributed by atoms with van der Waals surface area (Å²) < 4.78 is 5.73. The van der Waals surface area contributed by atoms with Crippen LogP contribution in [0.3, 0.4) is 0 Å². The Morgan fingerprint density at radius 1 is 1.18 bits per heavy atom. The zero-order valence-corrected chi connectivity index (χ0v) is 10.7. The molecule has 3 heteroatoms. The molecular formula is C14H22N2O. The summed E-state index contributed by atoms with van der Waals surface area (Å²) >= 11 is 0. The van der Waals surface area contributed by atoms with Crippen molar-refractivity contribution in [2.24, 2.45) is 0 Å². The number of rotatable bonds is 3. The van der Waals surface area contributed by atoms with Gasteiger partial charge in [-0.15, -0.1) is 0 Å². The minimum Gasteiger partial charge on any atom is -0.399 e. The van der Waals surface area contributed by atoms with Crippen LogP contribution in [0.15, 0.2) is 24.3 Å². The van der Waals surface area contributed by atoms with E-state index in [1.807, 2.05) is 12.1 Å². The van der Waals surface area contributed by atoms with Gasteiger partial charge in [0.2, 0.25) is 0 Å². The summed E-state index contributed by atoms with van der Waals surface area (Å²) in [6, 6.07) is 8.17. The van der Waals surface area contributed by atoms with Gasteiger partial charge in [0.05, 0.1) is 12.2 Å². The Bertz CT molecular complexity index is 340. The lowest BCUT2D eigenvalue weighted by molar-refractivity contribution is -0.0675. The molecule has 0 saturated carbocycles. The standard InChI is InChI=1S/C14H22N2O/c1-11-9-16(10-12(2)17-11)8-7-13-3-5-14(15)6-4-13/h3-6,11-12H,7-10,15H2,1-2H3. The molecule has 0 amide bonds. The van der Waals surface area contributed by atoms with Crippen molar-refractivity contribution in [3.8, 4) is 0 Å². The van der Waals surface area contributed by atoms with Crippen molar-refractivity contribution in [3.05, 3.63) is 29.8 Å². The molecule has 0 bridgehead atoms. The first kappa shape index (κ1) is 12.4. The molecule has 0 radical (unpaired) electrons. The Labute approximate surface area is 104 Å². The van der Waals surface area contributed by atoms with Gasteiger partial charge < -0.3 is 10.5 Å². The normalized spacial score (nSPS) is 26.0. The molecule has 1 heterocycles. The zero-order valence-electron chi connectivity index (χ0n) is 10.7. The van der Waals surface area contributed by atoms with Crippen LogP contribution in [0.2, 0.25) is 0 Å². The van der Waals surface area contributed by atoms with Crippen molar-refractivity contribution >= 4 is 5.69 Å². The maximum Gasteiger partial charge on any atom is 0.0678 e. The summed E-state index contributed by atoms with van der Waals surface area (Å²) in [5.74, 6) is 0. The predicted molar refractivity (Wildman–Crippen MR) is 71.0 cm³/mol. The van der Waals surface area contributed by atoms with Gasteiger partial charge in [0.1, 0.15) is 0 Å². The highest BCUT2D eigenvalue weighted by Gasteiger charge is 2.21. The van der Waals surface area contributed by atoms with E-state index in [1.165, 1.54) is 5.56 Å². The van der Waals surface area contributed by atoms with Gasteiger partial charge in [-0.3, -0.25) is 4.90 Å². The lowest BCUT2D eigenvalue weighted by atomic mass is 10.1. The maximum atomic E-state index is 5.73. The highest BCUT2D eigenvalue weighted by molar-refractivity contribution is 5.39.